The first-order valence-electron chi connectivity index (χ1n) is 7.08. The van der Waals surface area contributed by atoms with Gasteiger partial charge in [0, 0.05) is 38.5 Å². The van der Waals surface area contributed by atoms with Crippen LogP contribution in [0.5, 0.6) is 0 Å². The van der Waals surface area contributed by atoms with Gasteiger partial charge in [0.2, 0.25) is 0 Å². The summed E-state index contributed by atoms with van der Waals surface area (Å²) in [6, 6.07) is 4.87. The number of piperidine rings is 1. The van der Waals surface area contributed by atoms with Gasteiger partial charge in [0.1, 0.15) is 0 Å². The second-order valence-electron chi connectivity index (χ2n) is 4.85. The molecule has 2 N–H and O–H groups in total. The first-order chi connectivity index (χ1) is 9.83. The minimum absolute atomic E-state index is 0.534. The predicted molar refractivity (Wildman–Crippen MR) is 92.4 cm³/mol. The van der Waals surface area contributed by atoms with Crippen LogP contribution >= 0.6 is 23.1 Å². The van der Waals surface area contributed by atoms with Crippen LogP contribution in [0.4, 0.5) is 5.00 Å². The molecule has 6 heteroatoms. The minimum atomic E-state index is 0.534. The maximum atomic E-state index is 4.30. The normalized spacial score (nSPS) is 17.3. The van der Waals surface area contributed by atoms with Crippen LogP contribution in [0.25, 0.3) is 0 Å². The summed E-state index contributed by atoms with van der Waals surface area (Å²) in [7, 11) is 1.84. The van der Waals surface area contributed by atoms with E-state index in [-0.39, 0.29) is 0 Å². The Morgan fingerprint density at radius 2 is 2.30 bits per heavy atom. The van der Waals surface area contributed by atoms with Crippen LogP contribution in [-0.4, -0.2) is 50.7 Å². The largest absolute Gasteiger partial charge is 0.363 e. The van der Waals surface area contributed by atoms with Crippen LogP contribution in [0, 0.1) is 0 Å². The second-order valence-corrected chi connectivity index (χ2v) is 6.76. The van der Waals surface area contributed by atoms with E-state index in [4.69, 9.17) is 0 Å². The van der Waals surface area contributed by atoms with E-state index in [2.05, 4.69) is 44.3 Å². The Morgan fingerprint density at radius 3 is 2.90 bits per heavy atom. The van der Waals surface area contributed by atoms with Gasteiger partial charge in [-0.1, -0.05) is 0 Å². The number of thiophene rings is 1. The van der Waals surface area contributed by atoms with Gasteiger partial charge in [0.05, 0.1) is 5.00 Å². The van der Waals surface area contributed by atoms with Gasteiger partial charge < -0.3 is 15.5 Å². The lowest BCUT2D eigenvalue weighted by Crippen LogP contribution is -2.49. The Hall–Kier alpha value is -0.880. The minimum Gasteiger partial charge on any atom is -0.363 e. The molecule has 1 aromatic rings. The van der Waals surface area contributed by atoms with Crippen LogP contribution in [0.2, 0.25) is 0 Å². The van der Waals surface area contributed by atoms with E-state index >= 15 is 0 Å². The van der Waals surface area contributed by atoms with Crippen LogP contribution in [0.15, 0.2) is 22.5 Å². The van der Waals surface area contributed by atoms with Gasteiger partial charge in [-0.25, -0.2) is 0 Å². The monoisotopic (exact) mass is 312 g/mol. The Bertz CT molecular complexity index is 397. The first-order valence-corrected chi connectivity index (χ1v) is 9.35. The van der Waals surface area contributed by atoms with Crippen molar-refractivity contribution in [2.75, 3.05) is 43.6 Å². The number of thioether (sulfide) groups is 1. The number of rotatable bonds is 5. The highest BCUT2D eigenvalue weighted by atomic mass is 32.2. The number of nitrogens with zero attached hydrogens (tertiary/aromatic N) is 2. The molecule has 4 nitrogen and oxygen atoms in total. The van der Waals surface area contributed by atoms with Gasteiger partial charge in [-0.05, 0) is 36.6 Å². The summed E-state index contributed by atoms with van der Waals surface area (Å²) in [4.78, 5) is 6.78. The molecule has 1 aliphatic heterocycles. The third-order valence-corrected chi connectivity index (χ3v) is 5.02. The van der Waals surface area contributed by atoms with Crippen molar-refractivity contribution in [2.45, 2.75) is 18.9 Å². The fourth-order valence-corrected chi connectivity index (χ4v) is 3.45. The van der Waals surface area contributed by atoms with Crippen molar-refractivity contribution in [1.82, 2.24) is 10.6 Å². The standard InChI is InChI=1S/C14H24N4S2/c1-15-14(16-7-11-19-2)17-12-5-8-18(9-6-12)13-4-3-10-20-13/h3-4,10,12H,5-9,11H2,1-2H3,(H2,15,16,17). The molecule has 0 amide bonds. The number of hydrogen-bond acceptors (Lipinski definition) is 4. The van der Waals surface area contributed by atoms with Crippen LogP contribution < -0.4 is 15.5 Å². The van der Waals surface area contributed by atoms with Crippen molar-refractivity contribution in [2.24, 2.45) is 4.99 Å². The summed E-state index contributed by atoms with van der Waals surface area (Å²) in [5.41, 5.74) is 0. The van der Waals surface area contributed by atoms with Crippen LogP contribution in [0.1, 0.15) is 12.8 Å². The predicted octanol–water partition coefficient (Wildman–Crippen LogP) is 2.24. The van der Waals surface area contributed by atoms with Crippen molar-refractivity contribution in [3.8, 4) is 0 Å². The number of aliphatic imine (C=N–C) groups is 1. The highest BCUT2D eigenvalue weighted by molar-refractivity contribution is 7.98. The molecule has 0 aliphatic carbocycles. The molecule has 0 spiro atoms. The van der Waals surface area contributed by atoms with Gasteiger partial charge in [-0.3, -0.25) is 4.99 Å². The number of anilines is 1. The van der Waals surface area contributed by atoms with Crippen molar-refractivity contribution in [3.63, 3.8) is 0 Å². The van der Waals surface area contributed by atoms with Crippen molar-refractivity contribution in [3.05, 3.63) is 17.5 Å². The summed E-state index contributed by atoms with van der Waals surface area (Å²) in [5, 5.41) is 10.4. The molecule has 1 fully saturated rings. The third-order valence-electron chi connectivity index (χ3n) is 3.48. The zero-order valence-electron chi connectivity index (χ0n) is 12.3. The Kier molecular flexibility index (Phi) is 6.53. The maximum Gasteiger partial charge on any atom is 0.191 e. The molecule has 0 bridgehead atoms. The molecule has 0 radical (unpaired) electrons. The average Bonchev–Trinajstić information content (AvgIpc) is 3.01. The molecule has 0 unspecified atom stereocenters. The lowest BCUT2D eigenvalue weighted by molar-refractivity contribution is 0.463. The molecule has 1 aromatic heterocycles. The van der Waals surface area contributed by atoms with Gasteiger partial charge in [0.25, 0.3) is 0 Å². The molecule has 0 aromatic carbocycles. The summed E-state index contributed by atoms with van der Waals surface area (Å²) in [6.07, 6.45) is 4.46. The van der Waals surface area contributed by atoms with Crippen molar-refractivity contribution < 1.29 is 0 Å². The topological polar surface area (TPSA) is 39.7 Å². The molecule has 1 saturated heterocycles. The third kappa shape index (κ3) is 4.59. The molecule has 0 atom stereocenters. The van der Waals surface area contributed by atoms with E-state index in [1.807, 2.05) is 30.1 Å². The van der Waals surface area contributed by atoms with Crippen molar-refractivity contribution >= 4 is 34.1 Å². The Labute approximate surface area is 130 Å². The van der Waals surface area contributed by atoms with E-state index in [1.54, 1.807) is 0 Å². The van der Waals surface area contributed by atoms with E-state index < -0.39 is 0 Å². The van der Waals surface area contributed by atoms with E-state index in [0.29, 0.717) is 6.04 Å². The summed E-state index contributed by atoms with van der Waals surface area (Å²) < 4.78 is 0. The highest BCUT2D eigenvalue weighted by Gasteiger charge is 2.20. The summed E-state index contributed by atoms with van der Waals surface area (Å²) in [6.45, 7) is 3.22. The molecule has 112 valence electrons. The Balaban J connectivity index is 1.73. The van der Waals surface area contributed by atoms with Gasteiger partial charge in [0.15, 0.2) is 5.96 Å². The lowest BCUT2D eigenvalue weighted by Gasteiger charge is -2.33. The molecule has 1 aliphatic rings. The van der Waals surface area contributed by atoms with Gasteiger partial charge in [-0.2, -0.15) is 11.8 Å². The smallest absolute Gasteiger partial charge is 0.191 e. The molecule has 2 rings (SSSR count). The summed E-state index contributed by atoms with van der Waals surface area (Å²) in [5.74, 6) is 2.05. The highest BCUT2D eigenvalue weighted by Crippen LogP contribution is 2.24. The first kappa shape index (κ1) is 15.5. The van der Waals surface area contributed by atoms with Gasteiger partial charge >= 0.3 is 0 Å². The fraction of sp³-hybridized carbons (Fsp3) is 0.643. The number of guanidine groups is 1. The molecule has 20 heavy (non-hydrogen) atoms. The molecule has 0 saturated carbocycles. The quantitative estimate of drug-likeness (QED) is 0.497. The Morgan fingerprint density at radius 1 is 1.50 bits per heavy atom. The van der Waals surface area contributed by atoms with E-state index in [1.165, 1.54) is 17.8 Å². The van der Waals surface area contributed by atoms with Gasteiger partial charge in [-0.15, -0.1) is 11.3 Å². The SMILES string of the molecule is CN=C(NCCSC)NC1CCN(c2cccs2)CC1. The van der Waals surface area contributed by atoms with Crippen LogP contribution in [0.3, 0.4) is 0 Å². The van der Waals surface area contributed by atoms with E-state index in [9.17, 15) is 0 Å². The lowest BCUT2D eigenvalue weighted by atomic mass is 10.1. The molecule has 2 heterocycles. The molecular formula is C14H24N4S2. The average molecular weight is 313 g/mol. The molecular weight excluding hydrogens is 288 g/mol. The fourth-order valence-electron chi connectivity index (χ4n) is 2.35. The van der Waals surface area contributed by atoms with Crippen LogP contribution in [-0.2, 0) is 0 Å². The number of nitrogens with one attached hydrogen (secondary N) is 2. The maximum absolute atomic E-state index is 4.30. The zero-order chi connectivity index (χ0) is 14.2. The van der Waals surface area contributed by atoms with E-state index in [0.717, 1.165) is 31.3 Å². The zero-order valence-corrected chi connectivity index (χ0v) is 13.9. The summed E-state index contributed by atoms with van der Waals surface area (Å²) >= 11 is 3.68. The van der Waals surface area contributed by atoms with Crippen molar-refractivity contribution in [1.29, 1.82) is 0 Å². The number of hydrogen-bond donors (Lipinski definition) is 2. The second kappa shape index (κ2) is 8.42.